The van der Waals surface area contributed by atoms with Gasteiger partial charge in [0.05, 0.1) is 6.20 Å². The molecule has 2 aromatic heterocycles. The number of nitrogens with zero attached hydrogens (tertiary/aromatic N) is 2. The fraction of sp³-hybridized carbons (Fsp3) is 0.500. The second-order valence-electron chi connectivity index (χ2n) is 3.72. The maximum Gasteiger partial charge on any atom is 0.156 e. The van der Waals surface area contributed by atoms with Crippen molar-refractivity contribution in [3.63, 3.8) is 0 Å². The van der Waals surface area contributed by atoms with Crippen LogP contribution in [0.25, 0.3) is 11.2 Å². The topological polar surface area (TPSA) is 53.6 Å². The molecule has 0 saturated carbocycles. The molecular formula is C12H20N4. The van der Waals surface area contributed by atoms with E-state index in [0.717, 1.165) is 22.5 Å². The van der Waals surface area contributed by atoms with Crippen LogP contribution >= 0.6 is 0 Å². The van der Waals surface area contributed by atoms with Crippen molar-refractivity contribution in [2.45, 2.75) is 40.7 Å². The van der Waals surface area contributed by atoms with Gasteiger partial charge in [-0.3, -0.25) is 0 Å². The van der Waals surface area contributed by atoms with Crippen LogP contribution < -0.4 is 5.32 Å². The summed E-state index contributed by atoms with van der Waals surface area (Å²) in [5.74, 6) is 0.829. The number of anilines is 1. The zero-order valence-electron chi connectivity index (χ0n) is 10.6. The molecule has 4 nitrogen and oxygen atoms in total. The summed E-state index contributed by atoms with van der Waals surface area (Å²) >= 11 is 0. The molecule has 0 amide bonds. The summed E-state index contributed by atoms with van der Waals surface area (Å²) in [6.45, 7) is 10.2. The monoisotopic (exact) mass is 220 g/mol. The van der Waals surface area contributed by atoms with Gasteiger partial charge in [0.1, 0.15) is 11.3 Å². The molecule has 2 rings (SSSR count). The number of hydrogen-bond acceptors (Lipinski definition) is 3. The maximum atomic E-state index is 4.47. The Bertz CT molecular complexity index is 445. The van der Waals surface area contributed by atoms with Crippen molar-refractivity contribution in [3.05, 3.63) is 18.0 Å². The molecule has 2 aromatic rings. The van der Waals surface area contributed by atoms with Gasteiger partial charge < -0.3 is 10.3 Å². The first-order chi connectivity index (χ1) is 7.66. The van der Waals surface area contributed by atoms with Gasteiger partial charge in [-0.15, -0.1) is 0 Å². The largest absolute Gasteiger partial charge is 0.367 e. The van der Waals surface area contributed by atoms with Gasteiger partial charge >= 0.3 is 0 Å². The van der Waals surface area contributed by atoms with E-state index >= 15 is 0 Å². The lowest BCUT2D eigenvalue weighted by Gasteiger charge is -2.07. The van der Waals surface area contributed by atoms with Gasteiger partial charge in [0.2, 0.25) is 0 Å². The summed E-state index contributed by atoms with van der Waals surface area (Å²) in [4.78, 5) is 11.8. The number of aryl methyl sites for hydroxylation is 1. The predicted molar refractivity (Wildman–Crippen MR) is 68.7 cm³/mol. The van der Waals surface area contributed by atoms with Crippen LogP contribution in [0.5, 0.6) is 0 Å². The van der Waals surface area contributed by atoms with Crippen molar-refractivity contribution < 1.29 is 0 Å². The molecule has 0 unspecified atom stereocenters. The van der Waals surface area contributed by atoms with E-state index in [1.807, 2.05) is 27.0 Å². The van der Waals surface area contributed by atoms with Gasteiger partial charge in [-0.2, -0.15) is 0 Å². The number of nitrogens with one attached hydrogen (secondary N) is 2. The third-order valence-electron chi connectivity index (χ3n) is 2.01. The Labute approximate surface area is 96.5 Å². The lowest BCUT2D eigenvalue weighted by Crippen LogP contribution is -2.11. The lowest BCUT2D eigenvalue weighted by molar-refractivity contribution is 0.889. The van der Waals surface area contributed by atoms with E-state index in [9.17, 15) is 0 Å². The molecule has 0 spiro atoms. The molecule has 2 heterocycles. The number of aromatic nitrogens is 3. The number of H-pyrrole nitrogens is 1. The molecular weight excluding hydrogens is 200 g/mol. The van der Waals surface area contributed by atoms with Crippen molar-refractivity contribution in [3.8, 4) is 0 Å². The minimum atomic E-state index is 0.376. The molecule has 0 atom stereocenters. The standard InChI is InChI=1S/C10H14N4.C2H6/c1-6(2)13-8-5-12-10-9(14-8)7(3)4-11-10;1-2/h4-6H,1-3H3,(H,11,12)(H,13,14);1-2H3. The normalized spacial score (nSPS) is 10.1. The van der Waals surface area contributed by atoms with Gasteiger partial charge in [-0.25, -0.2) is 9.97 Å². The van der Waals surface area contributed by atoms with Gasteiger partial charge in [0, 0.05) is 12.2 Å². The Morgan fingerprint density at radius 3 is 2.62 bits per heavy atom. The average Bonchev–Trinajstić information content (AvgIpc) is 2.63. The molecule has 0 aliphatic heterocycles. The molecule has 0 radical (unpaired) electrons. The van der Waals surface area contributed by atoms with E-state index in [1.165, 1.54) is 0 Å². The van der Waals surface area contributed by atoms with E-state index in [4.69, 9.17) is 0 Å². The first kappa shape index (κ1) is 12.5. The van der Waals surface area contributed by atoms with Crippen LogP contribution in [-0.4, -0.2) is 21.0 Å². The van der Waals surface area contributed by atoms with Crippen LogP contribution in [0.2, 0.25) is 0 Å². The Balaban J connectivity index is 0.000000606. The minimum absolute atomic E-state index is 0.376. The molecule has 0 aliphatic rings. The molecule has 0 bridgehead atoms. The highest BCUT2D eigenvalue weighted by molar-refractivity contribution is 5.76. The lowest BCUT2D eigenvalue weighted by atomic mass is 10.3. The van der Waals surface area contributed by atoms with Crippen molar-refractivity contribution in [2.75, 3.05) is 5.32 Å². The predicted octanol–water partition coefficient (Wildman–Crippen LogP) is 3.11. The number of aromatic amines is 1. The molecule has 4 heteroatoms. The molecule has 2 N–H and O–H groups in total. The second kappa shape index (κ2) is 5.49. The molecule has 0 fully saturated rings. The molecule has 0 saturated heterocycles. The van der Waals surface area contributed by atoms with Gasteiger partial charge in [0.15, 0.2) is 5.65 Å². The van der Waals surface area contributed by atoms with Crippen molar-refractivity contribution >= 4 is 17.0 Å². The van der Waals surface area contributed by atoms with Crippen molar-refractivity contribution in [1.82, 2.24) is 15.0 Å². The average molecular weight is 220 g/mol. The Kier molecular flexibility index (Phi) is 4.28. The first-order valence-electron chi connectivity index (χ1n) is 5.74. The van der Waals surface area contributed by atoms with Crippen LogP contribution in [0.4, 0.5) is 5.82 Å². The zero-order valence-corrected chi connectivity index (χ0v) is 10.6. The molecule has 88 valence electrons. The Hall–Kier alpha value is -1.58. The van der Waals surface area contributed by atoms with E-state index in [0.29, 0.717) is 6.04 Å². The van der Waals surface area contributed by atoms with E-state index in [2.05, 4.69) is 34.1 Å². The van der Waals surface area contributed by atoms with Crippen LogP contribution in [0, 0.1) is 6.92 Å². The smallest absolute Gasteiger partial charge is 0.156 e. The van der Waals surface area contributed by atoms with E-state index in [-0.39, 0.29) is 0 Å². The van der Waals surface area contributed by atoms with Crippen LogP contribution in [-0.2, 0) is 0 Å². The maximum absolute atomic E-state index is 4.47. The van der Waals surface area contributed by atoms with Gasteiger partial charge in [0.25, 0.3) is 0 Å². The first-order valence-corrected chi connectivity index (χ1v) is 5.74. The Morgan fingerprint density at radius 2 is 2.00 bits per heavy atom. The molecule has 0 aliphatic carbocycles. The van der Waals surface area contributed by atoms with Crippen LogP contribution in [0.15, 0.2) is 12.4 Å². The van der Waals surface area contributed by atoms with Crippen LogP contribution in [0.3, 0.4) is 0 Å². The number of rotatable bonds is 2. The van der Waals surface area contributed by atoms with Gasteiger partial charge in [-0.1, -0.05) is 13.8 Å². The summed E-state index contributed by atoms with van der Waals surface area (Å²) in [5.41, 5.74) is 2.91. The van der Waals surface area contributed by atoms with E-state index in [1.54, 1.807) is 6.20 Å². The minimum Gasteiger partial charge on any atom is -0.367 e. The third-order valence-corrected chi connectivity index (χ3v) is 2.01. The fourth-order valence-corrected chi connectivity index (χ4v) is 1.38. The summed E-state index contributed by atoms with van der Waals surface area (Å²) < 4.78 is 0. The van der Waals surface area contributed by atoms with Crippen molar-refractivity contribution in [1.29, 1.82) is 0 Å². The Morgan fingerprint density at radius 1 is 1.31 bits per heavy atom. The SMILES string of the molecule is CC.Cc1c[nH]c2ncc(NC(C)C)nc12. The zero-order chi connectivity index (χ0) is 12.1. The third kappa shape index (κ3) is 2.72. The van der Waals surface area contributed by atoms with E-state index < -0.39 is 0 Å². The van der Waals surface area contributed by atoms with Crippen molar-refractivity contribution in [2.24, 2.45) is 0 Å². The number of hydrogen-bond donors (Lipinski definition) is 2. The fourth-order valence-electron chi connectivity index (χ4n) is 1.38. The molecule has 16 heavy (non-hydrogen) atoms. The number of fused-ring (bicyclic) bond motifs is 1. The highest BCUT2D eigenvalue weighted by atomic mass is 15.0. The molecule has 0 aromatic carbocycles. The summed E-state index contributed by atoms with van der Waals surface area (Å²) in [6.07, 6.45) is 3.67. The van der Waals surface area contributed by atoms with Crippen LogP contribution in [0.1, 0.15) is 33.3 Å². The summed E-state index contributed by atoms with van der Waals surface area (Å²) in [5, 5.41) is 3.23. The highest BCUT2D eigenvalue weighted by Crippen LogP contribution is 2.15. The summed E-state index contributed by atoms with van der Waals surface area (Å²) in [7, 11) is 0. The second-order valence-corrected chi connectivity index (χ2v) is 3.72. The quantitative estimate of drug-likeness (QED) is 0.817. The highest BCUT2D eigenvalue weighted by Gasteiger charge is 2.04. The van der Waals surface area contributed by atoms with Gasteiger partial charge in [-0.05, 0) is 26.3 Å². The summed E-state index contributed by atoms with van der Waals surface area (Å²) in [6, 6.07) is 0.376.